The fourth-order valence-corrected chi connectivity index (χ4v) is 2.58. The van der Waals surface area contributed by atoms with Crippen LogP contribution in [-0.2, 0) is 4.79 Å². The molecule has 1 aliphatic rings. The van der Waals surface area contributed by atoms with Gasteiger partial charge in [0, 0.05) is 6.54 Å². The molecule has 0 aromatic carbocycles. The number of aryl methyl sites for hydroxylation is 2. The van der Waals surface area contributed by atoms with Gasteiger partial charge in [0.1, 0.15) is 22.5 Å². The van der Waals surface area contributed by atoms with Crippen molar-refractivity contribution in [1.29, 1.82) is 5.26 Å². The molecule has 1 amide bonds. The van der Waals surface area contributed by atoms with Crippen LogP contribution in [0.1, 0.15) is 29.9 Å². The number of nitrogens with one attached hydrogen (secondary N) is 1. The van der Waals surface area contributed by atoms with Crippen LogP contribution in [0.25, 0.3) is 0 Å². The highest BCUT2D eigenvalue weighted by Crippen LogP contribution is 2.27. The number of rotatable bonds is 5. The monoisotopic (exact) mass is 276 g/mol. The Morgan fingerprint density at radius 1 is 1.47 bits per heavy atom. The molecule has 0 unspecified atom stereocenters. The largest absolute Gasteiger partial charge is 0.355 e. The van der Waals surface area contributed by atoms with Crippen molar-refractivity contribution >= 4 is 17.7 Å². The van der Waals surface area contributed by atoms with Gasteiger partial charge in [-0.15, -0.1) is 0 Å². The number of carbonyl (C=O) groups excluding carboxylic acids is 1. The van der Waals surface area contributed by atoms with Gasteiger partial charge in [0.05, 0.1) is 11.4 Å². The molecule has 1 aromatic rings. The molecule has 1 fully saturated rings. The van der Waals surface area contributed by atoms with Crippen molar-refractivity contribution in [3.63, 3.8) is 0 Å². The van der Waals surface area contributed by atoms with Gasteiger partial charge in [0.15, 0.2) is 0 Å². The Kier molecular flexibility index (Phi) is 4.38. The van der Waals surface area contributed by atoms with E-state index in [-0.39, 0.29) is 11.7 Å². The molecule has 100 valence electrons. The van der Waals surface area contributed by atoms with Crippen LogP contribution in [0, 0.1) is 31.1 Å². The van der Waals surface area contributed by atoms with Crippen LogP contribution in [0.3, 0.4) is 0 Å². The van der Waals surface area contributed by atoms with Gasteiger partial charge in [-0.2, -0.15) is 5.26 Å². The normalized spacial score (nSPS) is 13.9. The number of nitriles is 1. The minimum atomic E-state index is -0.00490. The summed E-state index contributed by atoms with van der Waals surface area (Å²) in [5, 5.41) is 12.6. The van der Waals surface area contributed by atoms with Gasteiger partial charge in [0.2, 0.25) is 5.91 Å². The van der Waals surface area contributed by atoms with E-state index in [1.807, 2.05) is 0 Å². The lowest BCUT2D eigenvalue weighted by atomic mass is 10.3. The summed E-state index contributed by atoms with van der Waals surface area (Å²) in [7, 11) is 0. The van der Waals surface area contributed by atoms with Crippen molar-refractivity contribution in [1.82, 2.24) is 15.3 Å². The highest BCUT2D eigenvalue weighted by atomic mass is 32.2. The summed E-state index contributed by atoms with van der Waals surface area (Å²) >= 11 is 1.29. The third kappa shape index (κ3) is 3.93. The van der Waals surface area contributed by atoms with Gasteiger partial charge in [-0.05, 0) is 32.6 Å². The first-order valence-electron chi connectivity index (χ1n) is 6.25. The Morgan fingerprint density at radius 3 is 2.84 bits per heavy atom. The predicted octanol–water partition coefficient (Wildman–Crippen LogP) is 1.58. The van der Waals surface area contributed by atoms with E-state index in [4.69, 9.17) is 5.26 Å². The standard InChI is InChI=1S/C13H16N4OS/c1-8-11(5-14)13(17-9(2)16-8)19-7-12(18)15-6-10-3-4-10/h10H,3-4,6-7H2,1-2H3,(H,15,18). The first-order chi connectivity index (χ1) is 9.10. The van der Waals surface area contributed by atoms with Crippen LogP contribution in [0.2, 0.25) is 0 Å². The van der Waals surface area contributed by atoms with Crippen molar-refractivity contribution in [2.24, 2.45) is 5.92 Å². The number of aromatic nitrogens is 2. The molecule has 1 aliphatic carbocycles. The molecule has 1 saturated carbocycles. The van der Waals surface area contributed by atoms with Gasteiger partial charge in [0.25, 0.3) is 0 Å². The van der Waals surface area contributed by atoms with E-state index in [9.17, 15) is 4.79 Å². The van der Waals surface area contributed by atoms with Crippen molar-refractivity contribution in [2.75, 3.05) is 12.3 Å². The molecule has 0 spiro atoms. The Morgan fingerprint density at radius 2 is 2.21 bits per heavy atom. The third-order valence-corrected chi connectivity index (χ3v) is 3.88. The Bertz CT molecular complexity index is 534. The summed E-state index contributed by atoms with van der Waals surface area (Å²) in [6.07, 6.45) is 2.44. The molecule has 1 N–H and O–H groups in total. The number of hydrogen-bond acceptors (Lipinski definition) is 5. The first kappa shape index (κ1) is 13.8. The van der Waals surface area contributed by atoms with Crippen LogP contribution in [0.4, 0.5) is 0 Å². The van der Waals surface area contributed by atoms with Crippen molar-refractivity contribution in [3.8, 4) is 6.07 Å². The van der Waals surface area contributed by atoms with Crippen molar-refractivity contribution < 1.29 is 4.79 Å². The molecule has 0 saturated heterocycles. The fraction of sp³-hybridized carbons (Fsp3) is 0.538. The van der Waals surface area contributed by atoms with E-state index in [2.05, 4.69) is 21.4 Å². The minimum Gasteiger partial charge on any atom is -0.355 e. The quantitative estimate of drug-likeness (QED) is 0.652. The maximum Gasteiger partial charge on any atom is 0.230 e. The molecule has 1 heterocycles. The van der Waals surface area contributed by atoms with Crippen LogP contribution >= 0.6 is 11.8 Å². The van der Waals surface area contributed by atoms with E-state index in [0.717, 1.165) is 6.54 Å². The lowest BCUT2D eigenvalue weighted by Crippen LogP contribution is -2.27. The summed E-state index contributed by atoms with van der Waals surface area (Å²) in [4.78, 5) is 20.0. The molecular weight excluding hydrogens is 260 g/mol. The molecule has 5 nitrogen and oxygen atoms in total. The maximum absolute atomic E-state index is 11.7. The SMILES string of the molecule is Cc1nc(C)c(C#N)c(SCC(=O)NCC2CC2)n1. The zero-order chi connectivity index (χ0) is 13.8. The number of nitrogens with zero attached hydrogens (tertiary/aromatic N) is 3. The van der Waals surface area contributed by atoms with Crippen LogP contribution in [-0.4, -0.2) is 28.2 Å². The average Bonchev–Trinajstić information content (AvgIpc) is 3.17. The van der Waals surface area contributed by atoms with Crippen LogP contribution in [0.15, 0.2) is 5.03 Å². The van der Waals surface area contributed by atoms with E-state index in [1.165, 1.54) is 24.6 Å². The second kappa shape index (κ2) is 6.02. The number of amides is 1. The average molecular weight is 276 g/mol. The number of carbonyl (C=O) groups is 1. The molecule has 0 aliphatic heterocycles. The van der Waals surface area contributed by atoms with E-state index < -0.39 is 0 Å². The summed E-state index contributed by atoms with van der Waals surface area (Å²) < 4.78 is 0. The van der Waals surface area contributed by atoms with Gasteiger partial charge >= 0.3 is 0 Å². The van der Waals surface area contributed by atoms with E-state index in [1.54, 1.807) is 13.8 Å². The molecule has 19 heavy (non-hydrogen) atoms. The summed E-state index contributed by atoms with van der Waals surface area (Å²) in [5.41, 5.74) is 1.13. The molecule has 6 heteroatoms. The topological polar surface area (TPSA) is 78.7 Å². The van der Waals surface area contributed by atoms with Gasteiger partial charge < -0.3 is 5.32 Å². The van der Waals surface area contributed by atoms with Gasteiger partial charge in [-0.3, -0.25) is 4.79 Å². The lowest BCUT2D eigenvalue weighted by molar-refractivity contribution is -0.118. The zero-order valence-corrected chi connectivity index (χ0v) is 11.9. The molecule has 0 bridgehead atoms. The number of hydrogen-bond donors (Lipinski definition) is 1. The Labute approximate surface area is 116 Å². The predicted molar refractivity (Wildman–Crippen MR) is 72.7 cm³/mol. The summed E-state index contributed by atoms with van der Waals surface area (Å²) in [6.45, 7) is 4.34. The molecule has 0 atom stereocenters. The van der Waals surface area contributed by atoms with Crippen molar-refractivity contribution in [2.45, 2.75) is 31.7 Å². The van der Waals surface area contributed by atoms with E-state index in [0.29, 0.717) is 28.0 Å². The van der Waals surface area contributed by atoms with Gasteiger partial charge in [-0.1, -0.05) is 11.8 Å². The molecule has 0 radical (unpaired) electrons. The summed E-state index contributed by atoms with van der Waals surface area (Å²) in [6, 6.07) is 2.10. The Hall–Kier alpha value is -1.61. The fourth-order valence-electron chi connectivity index (χ4n) is 1.68. The maximum atomic E-state index is 11.7. The van der Waals surface area contributed by atoms with Crippen LogP contribution in [0.5, 0.6) is 0 Å². The number of thioether (sulfide) groups is 1. The molecule has 1 aromatic heterocycles. The zero-order valence-electron chi connectivity index (χ0n) is 11.1. The second-order valence-electron chi connectivity index (χ2n) is 4.68. The third-order valence-electron chi connectivity index (χ3n) is 2.91. The van der Waals surface area contributed by atoms with Crippen LogP contribution < -0.4 is 5.32 Å². The highest BCUT2D eigenvalue weighted by molar-refractivity contribution is 8.00. The Balaban J connectivity index is 1.94. The molecular formula is C13H16N4OS. The van der Waals surface area contributed by atoms with E-state index >= 15 is 0 Å². The summed E-state index contributed by atoms with van der Waals surface area (Å²) in [5.74, 6) is 1.58. The first-order valence-corrected chi connectivity index (χ1v) is 7.23. The minimum absolute atomic E-state index is 0.00490. The molecule has 2 rings (SSSR count). The lowest BCUT2D eigenvalue weighted by Gasteiger charge is -2.07. The second-order valence-corrected chi connectivity index (χ2v) is 5.65. The van der Waals surface area contributed by atoms with Gasteiger partial charge in [-0.25, -0.2) is 9.97 Å². The highest BCUT2D eigenvalue weighted by Gasteiger charge is 2.21. The smallest absolute Gasteiger partial charge is 0.230 e. The van der Waals surface area contributed by atoms with Crippen molar-refractivity contribution in [3.05, 3.63) is 17.1 Å².